The summed E-state index contributed by atoms with van der Waals surface area (Å²) in [5.74, 6) is 0. The Morgan fingerprint density at radius 2 is 1.69 bits per heavy atom. The molecule has 0 bridgehead atoms. The Bertz CT molecular complexity index is 700. The summed E-state index contributed by atoms with van der Waals surface area (Å²) < 4.78 is 23.3. The number of urea groups is 1. The van der Waals surface area contributed by atoms with Crippen molar-refractivity contribution < 1.29 is 13.2 Å². The molecule has 0 unspecified atom stereocenters. The van der Waals surface area contributed by atoms with Crippen molar-refractivity contribution in [3.05, 3.63) is 30.3 Å². The van der Waals surface area contributed by atoms with E-state index in [1.165, 1.54) is 11.9 Å². The highest BCUT2D eigenvalue weighted by Gasteiger charge is 2.29. The number of amides is 2. The highest BCUT2D eigenvalue weighted by Crippen LogP contribution is 2.24. The normalized spacial score (nSPS) is 24.8. The first-order valence-corrected chi connectivity index (χ1v) is 11.4. The van der Waals surface area contributed by atoms with E-state index >= 15 is 0 Å². The molecule has 0 atom stereocenters. The van der Waals surface area contributed by atoms with Gasteiger partial charge in [0.25, 0.3) is 0 Å². The van der Waals surface area contributed by atoms with E-state index in [4.69, 9.17) is 0 Å². The summed E-state index contributed by atoms with van der Waals surface area (Å²) in [5.41, 5.74) is 1.20. The second-order valence-electron chi connectivity index (χ2n) is 7.42. The van der Waals surface area contributed by atoms with Gasteiger partial charge in [-0.05, 0) is 44.2 Å². The molecule has 1 aliphatic heterocycles. The fourth-order valence-electron chi connectivity index (χ4n) is 3.92. The fraction of sp³-hybridized carbons (Fsp3) is 0.632. The van der Waals surface area contributed by atoms with Crippen LogP contribution in [0.15, 0.2) is 30.3 Å². The minimum absolute atomic E-state index is 0.0114. The maximum Gasteiger partial charge on any atom is 0.317 e. The number of carbonyl (C=O) groups excluding carboxylic acids is 1. The average molecular weight is 380 g/mol. The Morgan fingerprint density at radius 3 is 2.35 bits per heavy atom. The van der Waals surface area contributed by atoms with Gasteiger partial charge in [-0.1, -0.05) is 18.2 Å². The molecule has 0 spiro atoms. The molecule has 3 rings (SSSR count). The van der Waals surface area contributed by atoms with Crippen LogP contribution >= 0.6 is 0 Å². The first kappa shape index (κ1) is 19.0. The fourth-order valence-corrected chi connectivity index (χ4v) is 5.05. The van der Waals surface area contributed by atoms with E-state index in [1.54, 1.807) is 0 Å². The summed E-state index contributed by atoms with van der Waals surface area (Å²) in [6.45, 7) is 3.25. The van der Waals surface area contributed by atoms with Crippen molar-refractivity contribution in [1.82, 2.24) is 10.2 Å². The molecule has 1 saturated carbocycles. The van der Waals surface area contributed by atoms with Crippen LogP contribution in [-0.4, -0.2) is 63.1 Å². The first-order valence-electron chi connectivity index (χ1n) is 9.48. The highest BCUT2D eigenvalue weighted by molar-refractivity contribution is 7.91. The van der Waals surface area contributed by atoms with Crippen molar-refractivity contribution in [2.45, 2.75) is 43.4 Å². The van der Waals surface area contributed by atoms with Crippen LogP contribution in [0.3, 0.4) is 0 Å². The second-order valence-corrected chi connectivity index (χ2v) is 9.74. The summed E-state index contributed by atoms with van der Waals surface area (Å²) >= 11 is 0. The largest absolute Gasteiger partial charge is 0.370 e. The molecule has 26 heavy (non-hydrogen) atoms. The minimum atomic E-state index is -2.96. The van der Waals surface area contributed by atoms with Crippen molar-refractivity contribution in [2.75, 3.05) is 37.3 Å². The van der Waals surface area contributed by atoms with Crippen molar-refractivity contribution in [3.63, 3.8) is 0 Å². The van der Waals surface area contributed by atoms with Gasteiger partial charge in [-0.25, -0.2) is 13.2 Å². The third kappa shape index (κ3) is 4.90. The summed E-state index contributed by atoms with van der Waals surface area (Å²) in [5, 5.41) is 2.87. The van der Waals surface area contributed by atoms with Crippen LogP contribution in [-0.2, 0) is 9.84 Å². The number of benzene rings is 1. The van der Waals surface area contributed by atoms with Gasteiger partial charge >= 0.3 is 6.03 Å². The van der Waals surface area contributed by atoms with Crippen LogP contribution < -0.4 is 10.2 Å². The average Bonchev–Trinajstić information content (AvgIpc) is 2.88. The predicted octanol–water partition coefficient (Wildman–Crippen LogP) is 2.26. The summed E-state index contributed by atoms with van der Waals surface area (Å²) in [6, 6.07) is 10.4. The molecule has 144 valence electrons. The lowest BCUT2D eigenvalue weighted by Crippen LogP contribution is -2.47. The molecule has 2 aliphatic rings. The molecule has 2 fully saturated rings. The van der Waals surface area contributed by atoms with Crippen LogP contribution in [0, 0.1) is 0 Å². The van der Waals surface area contributed by atoms with Crippen LogP contribution in [0.2, 0.25) is 0 Å². The molecule has 2 amide bonds. The molecule has 1 aromatic rings. The van der Waals surface area contributed by atoms with E-state index in [2.05, 4.69) is 22.3 Å². The Hall–Kier alpha value is -1.76. The number of sulfone groups is 1. The molecular formula is C19H29N3O3S. The number of anilines is 1. The molecular weight excluding hydrogens is 350 g/mol. The third-order valence-corrected chi connectivity index (χ3v) is 7.19. The number of para-hydroxylation sites is 1. The van der Waals surface area contributed by atoms with Crippen molar-refractivity contribution in [3.8, 4) is 0 Å². The van der Waals surface area contributed by atoms with Gasteiger partial charge in [-0.15, -0.1) is 0 Å². The lowest BCUT2D eigenvalue weighted by Gasteiger charge is -2.30. The molecule has 1 aliphatic carbocycles. The van der Waals surface area contributed by atoms with Crippen molar-refractivity contribution in [2.24, 2.45) is 0 Å². The van der Waals surface area contributed by atoms with Gasteiger partial charge < -0.3 is 15.1 Å². The summed E-state index contributed by atoms with van der Waals surface area (Å²) in [7, 11) is -2.96. The van der Waals surface area contributed by atoms with Crippen LogP contribution in [0.25, 0.3) is 0 Å². The van der Waals surface area contributed by atoms with Gasteiger partial charge in [0.2, 0.25) is 0 Å². The molecule has 0 aromatic heterocycles. The number of nitrogens with zero attached hydrogens (tertiary/aromatic N) is 2. The van der Waals surface area contributed by atoms with Gasteiger partial charge in [0.1, 0.15) is 9.84 Å². The highest BCUT2D eigenvalue weighted by atomic mass is 32.2. The van der Waals surface area contributed by atoms with E-state index < -0.39 is 9.84 Å². The smallest absolute Gasteiger partial charge is 0.317 e. The van der Waals surface area contributed by atoms with Crippen molar-refractivity contribution >= 4 is 21.6 Å². The Kier molecular flexibility index (Phi) is 6.06. The van der Waals surface area contributed by atoms with Gasteiger partial charge in [0, 0.05) is 44.2 Å². The lowest BCUT2D eigenvalue weighted by molar-refractivity contribution is 0.193. The van der Waals surface area contributed by atoms with E-state index in [-0.39, 0.29) is 17.3 Å². The third-order valence-electron chi connectivity index (χ3n) is 5.51. The zero-order valence-corrected chi connectivity index (χ0v) is 16.2. The van der Waals surface area contributed by atoms with E-state index in [0.717, 1.165) is 38.9 Å². The standard InChI is InChI=1S/C19H29N3O3S/c1-26(24,25)18-10-8-16(9-11-18)20-19(23)22-13-5-12-21(14-15-22)17-6-3-2-4-7-17/h2-4,6-7,16,18H,5,8-15H2,1H3,(H,20,23). The number of hydrogen-bond donors (Lipinski definition) is 1. The zero-order valence-electron chi connectivity index (χ0n) is 15.4. The van der Waals surface area contributed by atoms with Crippen LogP contribution in [0.5, 0.6) is 0 Å². The Labute approximate surface area is 156 Å². The second kappa shape index (κ2) is 8.29. The Morgan fingerprint density at radius 1 is 1.00 bits per heavy atom. The van der Waals surface area contributed by atoms with Crippen LogP contribution in [0.1, 0.15) is 32.1 Å². The molecule has 7 heteroatoms. The minimum Gasteiger partial charge on any atom is -0.370 e. The molecule has 6 nitrogen and oxygen atoms in total. The monoisotopic (exact) mass is 379 g/mol. The van der Waals surface area contributed by atoms with Gasteiger partial charge in [0.05, 0.1) is 5.25 Å². The van der Waals surface area contributed by atoms with E-state index in [9.17, 15) is 13.2 Å². The number of hydrogen-bond acceptors (Lipinski definition) is 4. The van der Waals surface area contributed by atoms with Gasteiger partial charge in [-0.2, -0.15) is 0 Å². The number of carbonyl (C=O) groups is 1. The molecule has 1 aromatic carbocycles. The number of nitrogens with one attached hydrogen (secondary N) is 1. The maximum atomic E-state index is 12.6. The van der Waals surface area contributed by atoms with Crippen molar-refractivity contribution in [1.29, 1.82) is 0 Å². The summed E-state index contributed by atoms with van der Waals surface area (Å²) in [6.07, 6.45) is 5.04. The molecule has 1 heterocycles. The number of rotatable bonds is 3. The van der Waals surface area contributed by atoms with E-state index in [0.29, 0.717) is 19.4 Å². The molecule has 1 N–H and O–H groups in total. The SMILES string of the molecule is CS(=O)(=O)C1CCC(NC(=O)N2CCCN(c3ccccc3)CC2)CC1. The summed E-state index contributed by atoms with van der Waals surface area (Å²) in [4.78, 5) is 16.8. The first-order chi connectivity index (χ1) is 12.4. The van der Waals surface area contributed by atoms with E-state index in [1.807, 2.05) is 23.1 Å². The van der Waals surface area contributed by atoms with Gasteiger partial charge in [-0.3, -0.25) is 0 Å². The molecule has 0 radical (unpaired) electrons. The topological polar surface area (TPSA) is 69.7 Å². The van der Waals surface area contributed by atoms with Gasteiger partial charge in [0.15, 0.2) is 0 Å². The van der Waals surface area contributed by atoms with Crippen LogP contribution in [0.4, 0.5) is 10.5 Å². The zero-order chi connectivity index (χ0) is 18.6. The molecule has 1 saturated heterocycles. The Balaban J connectivity index is 1.48. The maximum absolute atomic E-state index is 12.6. The predicted molar refractivity (Wildman–Crippen MR) is 104 cm³/mol. The quantitative estimate of drug-likeness (QED) is 0.875. The lowest BCUT2D eigenvalue weighted by atomic mass is 9.95.